The molecule has 2 aliphatic heterocycles. The smallest absolute Gasteiger partial charge is 0.191 e. The summed E-state index contributed by atoms with van der Waals surface area (Å²) in [4.78, 5) is 9.63. The van der Waals surface area contributed by atoms with Crippen LogP contribution in [-0.2, 0) is 0 Å². The Morgan fingerprint density at radius 2 is 1.76 bits per heavy atom. The van der Waals surface area contributed by atoms with E-state index >= 15 is 0 Å². The zero-order valence-corrected chi connectivity index (χ0v) is 18.7. The first-order valence-electron chi connectivity index (χ1n) is 11.7. The zero-order valence-electron chi connectivity index (χ0n) is 18.7. The van der Waals surface area contributed by atoms with Crippen LogP contribution in [0.25, 0.3) is 0 Å². The van der Waals surface area contributed by atoms with E-state index in [1.807, 2.05) is 7.05 Å². The largest absolute Gasteiger partial charge is 0.356 e. The predicted octanol–water partition coefficient (Wildman–Crippen LogP) is 3.50. The lowest BCUT2D eigenvalue weighted by molar-refractivity contribution is 0.158. The van der Waals surface area contributed by atoms with E-state index < -0.39 is 0 Å². The van der Waals surface area contributed by atoms with E-state index in [2.05, 4.69) is 69.6 Å². The van der Waals surface area contributed by atoms with Gasteiger partial charge in [0.2, 0.25) is 0 Å². The number of nitrogens with zero attached hydrogens (tertiary/aromatic N) is 3. The van der Waals surface area contributed by atoms with Crippen LogP contribution >= 0.6 is 0 Å². The summed E-state index contributed by atoms with van der Waals surface area (Å²) >= 11 is 0. The minimum Gasteiger partial charge on any atom is -0.356 e. The van der Waals surface area contributed by atoms with Gasteiger partial charge in [-0.15, -0.1) is 0 Å². The maximum absolute atomic E-state index is 4.46. The molecule has 1 unspecified atom stereocenters. The Kier molecular flexibility index (Phi) is 8.81. The SMILES string of the molecule is CCN1CCC(CCNC(=NC)NC2CCN(C(C)c3ccccc3)CC2)CC1. The van der Waals surface area contributed by atoms with Crippen LogP contribution in [-0.4, -0.2) is 68.1 Å². The molecule has 5 nitrogen and oxygen atoms in total. The molecule has 2 N–H and O–H groups in total. The van der Waals surface area contributed by atoms with Gasteiger partial charge in [0, 0.05) is 38.8 Å². The maximum atomic E-state index is 4.46. The molecule has 2 aliphatic rings. The lowest BCUT2D eigenvalue weighted by atomic mass is 9.93. The zero-order chi connectivity index (χ0) is 20.5. The summed E-state index contributed by atoms with van der Waals surface area (Å²) in [5.41, 5.74) is 1.42. The van der Waals surface area contributed by atoms with Gasteiger partial charge in [0.25, 0.3) is 0 Å². The number of hydrogen-bond donors (Lipinski definition) is 2. The normalized spacial score (nSPS) is 21.8. The van der Waals surface area contributed by atoms with Crippen molar-refractivity contribution in [3.05, 3.63) is 35.9 Å². The summed E-state index contributed by atoms with van der Waals surface area (Å²) in [6.45, 7) is 11.6. The van der Waals surface area contributed by atoms with Crippen molar-refractivity contribution in [3.8, 4) is 0 Å². The van der Waals surface area contributed by atoms with E-state index in [1.165, 1.54) is 57.3 Å². The Balaban J connectivity index is 1.34. The van der Waals surface area contributed by atoms with E-state index in [4.69, 9.17) is 0 Å². The average molecular weight is 400 g/mol. The summed E-state index contributed by atoms with van der Waals surface area (Å²) in [5.74, 6) is 1.84. The second-order valence-corrected chi connectivity index (χ2v) is 8.71. The first kappa shape index (κ1) is 22.1. The molecule has 0 aliphatic carbocycles. The highest BCUT2D eigenvalue weighted by molar-refractivity contribution is 5.79. The average Bonchev–Trinajstić information content (AvgIpc) is 2.79. The first-order chi connectivity index (χ1) is 14.2. The highest BCUT2D eigenvalue weighted by atomic mass is 15.2. The summed E-state index contributed by atoms with van der Waals surface area (Å²) < 4.78 is 0. The third kappa shape index (κ3) is 6.71. The Labute approximate surface area is 178 Å². The molecule has 162 valence electrons. The summed E-state index contributed by atoms with van der Waals surface area (Å²) in [6, 6.07) is 11.9. The molecule has 0 amide bonds. The highest BCUT2D eigenvalue weighted by Crippen LogP contribution is 2.24. The van der Waals surface area contributed by atoms with Crippen LogP contribution in [0, 0.1) is 5.92 Å². The van der Waals surface area contributed by atoms with Crippen LogP contribution in [0.5, 0.6) is 0 Å². The van der Waals surface area contributed by atoms with Crippen LogP contribution in [0.1, 0.15) is 57.6 Å². The van der Waals surface area contributed by atoms with Crippen molar-refractivity contribution in [3.63, 3.8) is 0 Å². The van der Waals surface area contributed by atoms with E-state index in [-0.39, 0.29) is 0 Å². The Bertz CT molecular complexity index is 601. The number of aliphatic imine (C=N–C) groups is 1. The molecule has 0 saturated carbocycles. The van der Waals surface area contributed by atoms with Crippen molar-refractivity contribution in [1.29, 1.82) is 0 Å². The summed E-state index contributed by atoms with van der Waals surface area (Å²) in [5, 5.41) is 7.22. The quantitative estimate of drug-likeness (QED) is 0.544. The second kappa shape index (κ2) is 11.6. The number of benzene rings is 1. The molecule has 0 bridgehead atoms. The number of nitrogens with one attached hydrogen (secondary N) is 2. The molecule has 1 aromatic carbocycles. The van der Waals surface area contributed by atoms with Crippen molar-refractivity contribution in [2.75, 3.05) is 46.3 Å². The van der Waals surface area contributed by atoms with Crippen LogP contribution in [0.3, 0.4) is 0 Å². The molecule has 29 heavy (non-hydrogen) atoms. The molecule has 1 aromatic rings. The molecular weight excluding hydrogens is 358 g/mol. The second-order valence-electron chi connectivity index (χ2n) is 8.71. The fourth-order valence-corrected chi connectivity index (χ4v) is 4.75. The number of guanidine groups is 1. The molecular formula is C24H41N5. The van der Waals surface area contributed by atoms with Crippen molar-refractivity contribution in [1.82, 2.24) is 20.4 Å². The van der Waals surface area contributed by atoms with Gasteiger partial charge in [-0.2, -0.15) is 0 Å². The maximum Gasteiger partial charge on any atom is 0.191 e. The van der Waals surface area contributed by atoms with E-state index in [1.54, 1.807) is 0 Å². The third-order valence-corrected chi connectivity index (χ3v) is 6.92. The number of hydrogen-bond acceptors (Lipinski definition) is 3. The van der Waals surface area contributed by atoms with Gasteiger partial charge in [0.05, 0.1) is 0 Å². The topological polar surface area (TPSA) is 42.9 Å². The molecule has 3 rings (SSSR count). The van der Waals surface area contributed by atoms with Crippen LogP contribution in [0.15, 0.2) is 35.3 Å². The van der Waals surface area contributed by atoms with Gasteiger partial charge in [-0.25, -0.2) is 0 Å². The minimum atomic E-state index is 0.494. The molecule has 0 radical (unpaired) electrons. The molecule has 2 saturated heterocycles. The van der Waals surface area contributed by atoms with Crippen LogP contribution in [0.2, 0.25) is 0 Å². The van der Waals surface area contributed by atoms with Gasteiger partial charge in [0.15, 0.2) is 5.96 Å². The fourth-order valence-electron chi connectivity index (χ4n) is 4.75. The van der Waals surface area contributed by atoms with Crippen molar-refractivity contribution in [2.24, 2.45) is 10.9 Å². The standard InChI is InChI=1S/C24H41N5/c1-4-28-16-11-21(12-17-28)10-15-26-24(25-3)27-23-13-18-29(19-14-23)20(2)22-8-6-5-7-9-22/h5-9,20-21,23H,4,10-19H2,1-3H3,(H2,25,26,27). The monoisotopic (exact) mass is 399 g/mol. The van der Waals surface area contributed by atoms with Gasteiger partial charge < -0.3 is 15.5 Å². The van der Waals surface area contributed by atoms with Crippen LogP contribution < -0.4 is 10.6 Å². The van der Waals surface area contributed by atoms with Gasteiger partial charge in [-0.05, 0) is 70.1 Å². The molecule has 2 heterocycles. The van der Waals surface area contributed by atoms with E-state index in [9.17, 15) is 0 Å². The minimum absolute atomic E-state index is 0.494. The van der Waals surface area contributed by atoms with Crippen molar-refractivity contribution in [2.45, 2.75) is 58.0 Å². The van der Waals surface area contributed by atoms with E-state index in [0.29, 0.717) is 12.1 Å². The van der Waals surface area contributed by atoms with Crippen molar-refractivity contribution < 1.29 is 0 Å². The molecule has 1 atom stereocenters. The molecule has 0 spiro atoms. The van der Waals surface area contributed by atoms with E-state index in [0.717, 1.165) is 31.5 Å². The fraction of sp³-hybridized carbons (Fsp3) is 0.708. The number of rotatable bonds is 7. The van der Waals surface area contributed by atoms with Crippen LogP contribution in [0.4, 0.5) is 0 Å². The van der Waals surface area contributed by atoms with Gasteiger partial charge in [-0.1, -0.05) is 37.3 Å². The summed E-state index contributed by atoms with van der Waals surface area (Å²) in [6.07, 6.45) is 6.30. The summed E-state index contributed by atoms with van der Waals surface area (Å²) in [7, 11) is 1.89. The predicted molar refractivity (Wildman–Crippen MR) is 123 cm³/mol. The lowest BCUT2D eigenvalue weighted by Crippen LogP contribution is -2.49. The highest BCUT2D eigenvalue weighted by Gasteiger charge is 2.24. The number of likely N-dealkylation sites (tertiary alicyclic amines) is 2. The van der Waals surface area contributed by atoms with Gasteiger partial charge >= 0.3 is 0 Å². The Hall–Kier alpha value is -1.59. The molecule has 5 heteroatoms. The van der Waals surface area contributed by atoms with Gasteiger partial charge in [0.1, 0.15) is 0 Å². The molecule has 2 fully saturated rings. The lowest BCUT2D eigenvalue weighted by Gasteiger charge is -2.37. The Morgan fingerprint density at radius 3 is 2.38 bits per heavy atom. The first-order valence-corrected chi connectivity index (χ1v) is 11.7. The number of piperidine rings is 2. The Morgan fingerprint density at radius 1 is 1.07 bits per heavy atom. The third-order valence-electron chi connectivity index (χ3n) is 6.92. The van der Waals surface area contributed by atoms with Crippen molar-refractivity contribution >= 4 is 5.96 Å². The molecule has 0 aromatic heterocycles. The van der Waals surface area contributed by atoms with Gasteiger partial charge in [-0.3, -0.25) is 9.89 Å².